The van der Waals surface area contributed by atoms with Gasteiger partial charge in [-0.15, -0.1) is 0 Å². The van der Waals surface area contributed by atoms with Crippen molar-refractivity contribution in [1.29, 1.82) is 0 Å². The van der Waals surface area contributed by atoms with Crippen LogP contribution in [0.5, 0.6) is 0 Å². The first-order valence-corrected chi connectivity index (χ1v) is 6.10. The highest BCUT2D eigenvalue weighted by molar-refractivity contribution is 7.91. The summed E-state index contributed by atoms with van der Waals surface area (Å²) in [6.07, 6.45) is 4.51. The molecule has 1 aromatic carbocycles. The molecule has 0 aliphatic heterocycles. The zero-order valence-corrected chi connectivity index (χ0v) is 8.64. The first-order chi connectivity index (χ1) is 6.97. The van der Waals surface area contributed by atoms with E-state index >= 15 is 0 Å². The van der Waals surface area contributed by atoms with Crippen LogP contribution in [0.2, 0.25) is 0 Å². The Kier molecular flexibility index (Phi) is 2.26. The van der Waals surface area contributed by atoms with Crippen LogP contribution >= 0.6 is 0 Å². The van der Waals surface area contributed by atoms with Gasteiger partial charge in [0.15, 0.2) is 9.84 Å². The molecule has 0 aliphatic carbocycles. The summed E-state index contributed by atoms with van der Waals surface area (Å²) in [6.45, 7) is 0. The van der Waals surface area contributed by atoms with E-state index in [1.54, 1.807) is 12.1 Å². The van der Waals surface area contributed by atoms with Crippen molar-refractivity contribution in [3.05, 3.63) is 42.0 Å². The lowest BCUT2D eigenvalue weighted by molar-refractivity contribution is 0.603. The van der Waals surface area contributed by atoms with Crippen molar-refractivity contribution < 1.29 is 12.8 Å². The molecule has 79 valence electrons. The van der Waals surface area contributed by atoms with E-state index in [0.717, 1.165) is 0 Å². The van der Waals surface area contributed by atoms with Crippen LogP contribution in [0.4, 0.5) is 4.39 Å². The number of rotatable bonds is 2. The van der Waals surface area contributed by atoms with Gasteiger partial charge in [0.25, 0.3) is 0 Å². The van der Waals surface area contributed by atoms with Crippen molar-refractivity contribution in [3.8, 4) is 0 Å². The molecule has 1 heterocycles. The molecule has 0 atom stereocenters. The Bertz CT molecular complexity index is 601. The molecule has 0 bridgehead atoms. The summed E-state index contributed by atoms with van der Waals surface area (Å²) in [7, 11) is -3.39. The van der Waals surface area contributed by atoms with Crippen LogP contribution in [0.15, 0.2) is 24.4 Å². The van der Waals surface area contributed by atoms with Gasteiger partial charge in [0.2, 0.25) is 0 Å². The monoisotopic (exact) mass is 226 g/mol. The Morgan fingerprint density at radius 3 is 2.80 bits per heavy atom. The second-order valence-corrected chi connectivity index (χ2v) is 5.14. The number of sulfone groups is 1. The summed E-state index contributed by atoms with van der Waals surface area (Å²) in [6, 6.07) is 4.56. The quantitative estimate of drug-likeness (QED) is 0.851. The molecule has 5 heteroatoms. The smallest absolute Gasteiger partial charge is 0.155 e. The highest BCUT2D eigenvalue weighted by Gasteiger charge is 2.12. The minimum absolute atomic E-state index is 0.256. The number of halogens is 1. The zero-order valence-electron chi connectivity index (χ0n) is 7.83. The molecule has 3 nitrogen and oxygen atoms in total. The molecule has 2 aromatic rings. The molecule has 2 rings (SSSR count). The molecule has 0 fully saturated rings. The van der Waals surface area contributed by atoms with E-state index < -0.39 is 15.7 Å². The van der Waals surface area contributed by atoms with Crippen LogP contribution in [-0.2, 0) is 15.6 Å². The largest absolute Gasteiger partial charge is 0.361 e. The lowest BCUT2D eigenvalue weighted by atomic mass is 10.2. The predicted octanol–water partition coefficient (Wildman–Crippen LogP) is 2.01. The van der Waals surface area contributed by atoms with Gasteiger partial charge < -0.3 is 4.98 Å². The van der Waals surface area contributed by atoms with Crippen LogP contribution in [0.3, 0.4) is 0 Å². The van der Waals surface area contributed by atoms with Gasteiger partial charge >= 0.3 is 0 Å². The van der Waals surface area contributed by atoms with Crippen molar-refractivity contribution >= 4 is 20.7 Å². The second-order valence-electron chi connectivity index (χ2n) is 3.36. The van der Waals surface area contributed by atoms with E-state index in [1.165, 1.54) is 12.3 Å². The Morgan fingerprint density at radius 2 is 2.13 bits per heavy atom. The average Bonchev–Trinajstić information content (AvgIpc) is 2.47. The number of H-pyrrole nitrogens is 1. The van der Waals surface area contributed by atoms with E-state index in [4.69, 9.17) is 0 Å². The predicted molar refractivity (Wildman–Crippen MR) is 56.2 cm³/mol. The molecular weight excluding hydrogens is 217 g/mol. The minimum atomic E-state index is -3.39. The summed E-state index contributed by atoms with van der Waals surface area (Å²) in [4.78, 5) is 2.82. The number of aromatic amines is 1. The number of aromatic nitrogens is 1. The number of hydrogen-bond donors (Lipinski definition) is 1. The van der Waals surface area contributed by atoms with E-state index in [1.807, 2.05) is 0 Å². The van der Waals surface area contributed by atoms with Gasteiger partial charge in [-0.25, -0.2) is 12.8 Å². The fourth-order valence-corrected chi connectivity index (χ4v) is 2.26. The molecule has 0 amide bonds. The Hall–Kier alpha value is -1.36. The number of benzene rings is 1. The van der Waals surface area contributed by atoms with Crippen molar-refractivity contribution in [3.63, 3.8) is 0 Å². The van der Waals surface area contributed by atoms with Gasteiger partial charge in [0.05, 0.1) is 12.0 Å². The Balaban J connectivity index is 2.63. The summed E-state index contributed by atoms with van der Waals surface area (Å²) in [5.41, 5.74) is 1.01. The van der Waals surface area contributed by atoms with Crippen molar-refractivity contribution in [1.82, 2.24) is 4.98 Å². The minimum Gasteiger partial charge on any atom is -0.361 e. The third-order valence-electron chi connectivity index (χ3n) is 2.11. The number of hydrogen-bond acceptors (Lipinski definition) is 2. The van der Waals surface area contributed by atoms with Crippen LogP contribution < -0.4 is 0 Å². The van der Waals surface area contributed by atoms with Crippen molar-refractivity contribution in [2.45, 2.75) is 5.75 Å². The van der Waals surface area contributed by atoms with Crippen LogP contribution in [0.25, 0.3) is 10.9 Å². The Labute approximate surface area is 86.8 Å². The van der Waals surface area contributed by atoms with Crippen LogP contribution in [0, 0.1) is 12.1 Å². The molecule has 0 saturated carbocycles. The van der Waals surface area contributed by atoms with Gasteiger partial charge in [0, 0.05) is 17.1 Å². The molecule has 1 radical (unpaired) electrons. The molecule has 1 aromatic heterocycles. The van der Waals surface area contributed by atoms with Crippen molar-refractivity contribution in [2.75, 3.05) is 0 Å². The standard InChI is InChI=1S/C10H9FNO2S/c1-15(13,14)6-7-5-12-9-4-2-3-8(11)10(7)9/h2-5,12H,1,6H2. The fraction of sp³-hybridized carbons (Fsp3) is 0.100. The molecule has 0 saturated heterocycles. The van der Waals surface area contributed by atoms with Crippen molar-refractivity contribution in [2.24, 2.45) is 0 Å². The molecule has 1 N–H and O–H groups in total. The Morgan fingerprint density at radius 1 is 1.40 bits per heavy atom. The topological polar surface area (TPSA) is 49.9 Å². The third-order valence-corrected chi connectivity index (χ3v) is 2.86. The fourth-order valence-electron chi connectivity index (χ4n) is 1.56. The second kappa shape index (κ2) is 3.34. The first-order valence-electron chi connectivity index (χ1n) is 4.27. The van der Waals surface area contributed by atoms with Gasteiger partial charge in [-0.05, 0) is 17.7 Å². The maximum Gasteiger partial charge on any atom is 0.155 e. The molecular formula is C10H9FNO2S. The third kappa shape index (κ3) is 2.02. The van der Waals surface area contributed by atoms with Crippen LogP contribution in [-0.4, -0.2) is 13.4 Å². The van der Waals surface area contributed by atoms with E-state index in [9.17, 15) is 12.8 Å². The summed E-state index contributed by atoms with van der Waals surface area (Å²) in [5.74, 6) is -0.680. The summed E-state index contributed by atoms with van der Waals surface area (Å²) < 4.78 is 35.4. The van der Waals surface area contributed by atoms with Gasteiger partial charge in [-0.2, -0.15) is 0 Å². The molecule has 0 unspecified atom stereocenters. The summed E-state index contributed by atoms with van der Waals surface area (Å²) in [5, 5.41) is 0.324. The van der Waals surface area contributed by atoms with Gasteiger partial charge in [-0.1, -0.05) is 6.07 Å². The highest BCUT2D eigenvalue weighted by Crippen LogP contribution is 2.22. The molecule has 0 aliphatic rings. The van der Waals surface area contributed by atoms with Gasteiger partial charge in [-0.3, -0.25) is 0 Å². The highest BCUT2D eigenvalue weighted by atomic mass is 32.2. The summed E-state index contributed by atoms with van der Waals surface area (Å²) >= 11 is 0. The lowest BCUT2D eigenvalue weighted by Crippen LogP contribution is -1.97. The maximum atomic E-state index is 13.4. The van der Waals surface area contributed by atoms with Crippen LogP contribution in [0.1, 0.15) is 5.56 Å². The first kappa shape index (κ1) is 10.2. The zero-order chi connectivity index (χ0) is 11.1. The SMILES string of the molecule is [CH2]S(=O)(=O)Cc1c[nH]c2cccc(F)c12. The number of fused-ring (bicyclic) bond motifs is 1. The maximum absolute atomic E-state index is 13.4. The van der Waals surface area contributed by atoms with E-state index in [2.05, 4.69) is 11.2 Å². The lowest BCUT2D eigenvalue weighted by Gasteiger charge is -1.97. The normalized spacial score (nSPS) is 12.1. The van der Waals surface area contributed by atoms with E-state index in [0.29, 0.717) is 16.5 Å². The molecule has 0 spiro atoms. The average molecular weight is 226 g/mol. The van der Waals surface area contributed by atoms with E-state index in [-0.39, 0.29) is 5.75 Å². The number of nitrogens with one attached hydrogen (secondary N) is 1. The molecule has 15 heavy (non-hydrogen) atoms. The van der Waals surface area contributed by atoms with Gasteiger partial charge in [0.1, 0.15) is 5.82 Å².